The number of ether oxygens (including phenoxy) is 1. The van der Waals surface area contributed by atoms with Gasteiger partial charge in [0, 0.05) is 32.0 Å². The summed E-state index contributed by atoms with van der Waals surface area (Å²) in [5.74, 6) is 0.713. The minimum absolute atomic E-state index is 0.0694. The molecule has 0 bridgehead atoms. The Hall–Kier alpha value is -2.15. The molecule has 1 fully saturated rings. The number of anilines is 1. The van der Waals surface area contributed by atoms with Crippen LogP contribution in [0.2, 0.25) is 0 Å². The third kappa shape index (κ3) is 3.30. The van der Waals surface area contributed by atoms with E-state index in [2.05, 4.69) is 10.2 Å². The number of piperidine rings is 1. The average molecular weight is 292 g/mol. The summed E-state index contributed by atoms with van der Waals surface area (Å²) in [5.41, 5.74) is 5.45. The number of nitrogens with zero attached hydrogens (tertiary/aromatic N) is 3. The Morgan fingerprint density at radius 1 is 1.33 bits per heavy atom. The molecule has 1 saturated heterocycles. The van der Waals surface area contributed by atoms with E-state index in [1.807, 2.05) is 4.90 Å². The third-order valence-electron chi connectivity index (χ3n) is 3.44. The standard InChI is InChI=1S/C14H17FN4O2/c15-10-2-1-3-12(8-10)20-11-4-6-19(7-5-11)14-18-17-13(9-16)21-14/h1-3,8,11H,4-7,9,16H2. The van der Waals surface area contributed by atoms with Gasteiger partial charge in [-0.25, -0.2) is 4.39 Å². The highest BCUT2D eigenvalue weighted by Crippen LogP contribution is 2.22. The SMILES string of the molecule is NCc1nnc(N2CCC(Oc3cccc(F)c3)CC2)o1. The highest BCUT2D eigenvalue weighted by atomic mass is 19.1. The second-order valence-electron chi connectivity index (χ2n) is 4.94. The van der Waals surface area contributed by atoms with Gasteiger partial charge in [-0.2, -0.15) is 0 Å². The number of rotatable bonds is 4. The molecule has 2 aromatic rings. The van der Waals surface area contributed by atoms with Crippen LogP contribution in [-0.2, 0) is 6.54 Å². The van der Waals surface area contributed by atoms with Gasteiger partial charge in [0.2, 0.25) is 5.89 Å². The topological polar surface area (TPSA) is 77.4 Å². The molecule has 1 aromatic heterocycles. The molecule has 2 heterocycles. The minimum Gasteiger partial charge on any atom is -0.490 e. The second kappa shape index (κ2) is 6.09. The zero-order valence-electron chi connectivity index (χ0n) is 11.5. The summed E-state index contributed by atoms with van der Waals surface area (Å²) in [7, 11) is 0. The van der Waals surface area contributed by atoms with E-state index in [9.17, 15) is 4.39 Å². The van der Waals surface area contributed by atoms with Crippen LogP contribution in [0.15, 0.2) is 28.7 Å². The molecule has 0 radical (unpaired) electrons. The summed E-state index contributed by atoms with van der Waals surface area (Å²) in [6, 6.07) is 6.71. The molecule has 21 heavy (non-hydrogen) atoms. The van der Waals surface area contributed by atoms with Crippen LogP contribution < -0.4 is 15.4 Å². The molecule has 3 rings (SSSR count). The molecule has 0 saturated carbocycles. The summed E-state index contributed by atoms with van der Waals surface area (Å²) in [6.07, 6.45) is 1.70. The van der Waals surface area contributed by atoms with Crippen LogP contribution in [0.3, 0.4) is 0 Å². The van der Waals surface area contributed by atoms with Crippen LogP contribution in [0.1, 0.15) is 18.7 Å². The number of benzene rings is 1. The molecule has 0 atom stereocenters. The van der Waals surface area contributed by atoms with Gasteiger partial charge in [-0.15, -0.1) is 5.10 Å². The van der Waals surface area contributed by atoms with Gasteiger partial charge in [0.25, 0.3) is 0 Å². The average Bonchev–Trinajstić information content (AvgIpc) is 2.97. The van der Waals surface area contributed by atoms with Gasteiger partial charge in [-0.3, -0.25) is 0 Å². The van der Waals surface area contributed by atoms with E-state index in [0.717, 1.165) is 25.9 Å². The van der Waals surface area contributed by atoms with Crippen LogP contribution in [-0.4, -0.2) is 29.4 Å². The first kappa shape index (κ1) is 13.8. The maximum absolute atomic E-state index is 13.1. The molecular formula is C14H17FN4O2. The van der Waals surface area contributed by atoms with Crippen molar-refractivity contribution >= 4 is 6.01 Å². The van der Waals surface area contributed by atoms with Gasteiger partial charge in [0.1, 0.15) is 17.7 Å². The first-order valence-corrected chi connectivity index (χ1v) is 6.94. The number of halogens is 1. The van der Waals surface area contributed by atoms with Crippen molar-refractivity contribution < 1.29 is 13.5 Å². The monoisotopic (exact) mass is 292 g/mol. The molecule has 0 unspecified atom stereocenters. The summed E-state index contributed by atoms with van der Waals surface area (Å²) in [4.78, 5) is 2.01. The van der Waals surface area contributed by atoms with Crippen molar-refractivity contribution in [2.75, 3.05) is 18.0 Å². The normalized spacial score (nSPS) is 16.2. The first-order valence-electron chi connectivity index (χ1n) is 6.94. The maximum Gasteiger partial charge on any atom is 0.318 e. The number of nitrogens with two attached hydrogens (primary N) is 1. The van der Waals surface area contributed by atoms with Crippen LogP contribution in [0, 0.1) is 5.82 Å². The highest BCUT2D eigenvalue weighted by molar-refractivity contribution is 5.26. The lowest BCUT2D eigenvalue weighted by atomic mass is 10.1. The van der Waals surface area contributed by atoms with Crippen molar-refractivity contribution in [3.8, 4) is 5.75 Å². The Kier molecular flexibility index (Phi) is 4.01. The lowest BCUT2D eigenvalue weighted by Gasteiger charge is -2.30. The molecule has 2 N–H and O–H groups in total. The zero-order chi connectivity index (χ0) is 14.7. The van der Waals surface area contributed by atoms with E-state index in [4.69, 9.17) is 14.9 Å². The van der Waals surface area contributed by atoms with Crippen LogP contribution in [0.25, 0.3) is 0 Å². The maximum atomic E-state index is 13.1. The zero-order valence-corrected chi connectivity index (χ0v) is 11.5. The second-order valence-corrected chi connectivity index (χ2v) is 4.94. The largest absolute Gasteiger partial charge is 0.490 e. The Morgan fingerprint density at radius 2 is 2.14 bits per heavy atom. The molecule has 7 heteroatoms. The van der Waals surface area contributed by atoms with Crippen molar-refractivity contribution in [1.82, 2.24) is 10.2 Å². The molecule has 0 spiro atoms. The van der Waals surface area contributed by atoms with E-state index >= 15 is 0 Å². The molecule has 112 valence electrons. The molecule has 1 aliphatic heterocycles. The fourth-order valence-electron chi connectivity index (χ4n) is 2.35. The summed E-state index contributed by atoms with van der Waals surface area (Å²) < 4.78 is 24.3. The fourth-order valence-corrected chi connectivity index (χ4v) is 2.35. The van der Waals surface area contributed by atoms with Crippen LogP contribution >= 0.6 is 0 Å². The van der Waals surface area contributed by atoms with Gasteiger partial charge >= 0.3 is 6.01 Å². The lowest BCUT2D eigenvalue weighted by Crippen LogP contribution is -2.38. The summed E-state index contributed by atoms with van der Waals surface area (Å²) in [6.45, 7) is 1.75. The highest BCUT2D eigenvalue weighted by Gasteiger charge is 2.24. The predicted octanol–water partition coefficient (Wildman–Crippen LogP) is 1.72. The van der Waals surface area contributed by atoms with Crippen LogP contribution in [0.5, 0.6) is 5.75 Å². The lowest BCUT2D eigenvalue weighted by molar-refractivity contribution is 0.168. The summed E-state index contributed by atoms with van der Waals surface area (Å²) >= 11 is 0. The van der Waals surface area contributed by atoms with E-state index in [-0.39, 0.29) is 18.5 Å². The summed E-state index contributed by atoms with van der Waals surface area (Å²) in [5, 5.41) is 7.82. The van der Waals surface area contributed by atoms with Gasteiger partial charge in [0.15, 0.2) is 0 Å². The van der Waals surface area contributed by atoms with Crippen molar-refractivity contribution in [3.05, 3.63) is 36.0 Å². The van der Waals surface area contributed by atoms with E-state index in [0.29, 0.717) is 17.7 Å². The molecular weight excluding hydrogens is 275 g/mol. The predicted molar refractivity (Wildman–Crippen MR) is 74.5 cm³/mol. The van der Waals surface area contributed by atoms with Gasteiger partial charge in [-0.1, -0.05) is 11.2 Å². The van der Waals surface area contributed by atoms with E-state index < -0.39 is 0 Å². The molecule has 0 amide bonds. The molecule has 1 aromatic carbocycles. The number of hydrogen-bond acceptors (Lipinski definition) is 6. The third-order valence-corrected chi connectivity index (χ3v) is 3.44. The van der Waals surface area contributed by atoms with Crippen molar-refractivity contribution in [3.63, 3.8) is 0 Å². The fraction of sp³-hybridized carbons (Fsp3) is 0.429. The number of hydrogen-bond donors (Lipinski definition) is 1. The minimum atomic E-state index is -0.287. The Labute approximate surface area is 121 Å². The Morgan fingerprint density at radius 3 is 2.81 bits per heavy atom. The smallest absolute Gasteiger partial charge is 0.318 e. The molecule has 6 nitrogen and oxygen atoms in total. The van der Waals surface area contributed by atoms with Crippen LogP contribution in [0.4, 0.5) is 10.4 Å². The van der Waals surface area contributed by atoms with Crippen molar-refractivity contribution in [2.24, 2.45) is 5.73 Å². The van der Waals surface area contributed by atoms with Gasteiger partial charge in [-0.05, 0) is 12.1 Å². The molecule has 1 aliphatic rings. The first-order chi connectivity index (χ1) is 10.2. The Balaban J connectivity index is 1.55. The quantitative estimate of drug-likeness (QED) is 0.924. The van der Waals surface area contributed by atoms with Gasteiger partial charge in [0.05, 0.1) is 6.54 Å². The molecule has 0 aliphatic carbocycles. The van der Waals surface area contributed by atoms with E-state index in [1.54, 1.807) is 12.1 Å². The van der Waals surface area contributed by atoms with Crippen molar-refractivity contribution in [1.29, 1.82) is 0 Å². The van der Waals surface area contributed by atoms with Gasteiger partial charge < -0.3 is 19.8 Å². The Bertz CT molecular complexity index is 596. The van der Waals surface area contributed by atoms with E-state index in [1.165, 1.54) is 12.1 Å². The van der Waals surface area contributed by atoms with Crippen molar-refractivity contribution in [2.45, 2.75) is 25.5 Å². The number of aromatic nitrogens is 2.